The minimum absolute atomic E-state index is 0.0928. The van der Waals surface area contributed by atoms with E-state index >= 15 is 0 Å². The predicted octanol–water partition coefficient (Wildman–Crippen LogP) is 14.5. The van der Waals surface area contributed by atoms with Crippen LogP contribution in [0.3, 0.4) is 0 Å². The van der Waals surface area contributed by atoms with Crippen LogP contribution in [0.15, 0.2) is 72.4 Å². The third kappa shape index (κ3) is 13.8. The second-order valence-corrected chi connectivity index (χ2v) is 22.4. The molecule has 68 heavy (non-hydrogen) atoms. The minimum atomic E-state index is -1.18. The Hall–Kier alpha value is -3.20. The summed E-state index contributed by atoms with van der Waals surface area (Å²) < 4.78 is 30.6. The molecule has 3 saturated carbocycles. The molecule has 1 N–H and O–H groups in total. The summed E-state index contributed by atoms with van der Waals surface area (Å²) in [6.45, 7) is 17.0. The van der Waals surface area contributed by atoms with Crippen LogP contribution in [0.5, 0.6) is 5.75 Å². The van der Waals surface area contributed by atoms with E-state index < -0.39 is 36.5 Å². The van der Waals surface area contributed by atoms with E-state index in [1.165, 1.54) is 50.5 Å². The number of fused-ring (bicyclic) bond motifs is 5. The van der Waals surface area contributed by atoms with Gasteiger partial charge in [-0.2, -0.15) is 0 Å². The van der Waals surface area contributed by atoms with Crippen LogP contribution in [0.2, 0.25) is 0 Å². The molecule has 1 aromatic carbocycles. The van der Waals surface area contributed by atoms with Crippen LogP contribution in [0, 0.1) is 52.3 Å². The fraction of sp³-hybridized carbons (Fsp3) is 0.733. The second-order valence-electron chi connectivity index (χ2n) is 22.4. The van der Waals surface area contributed by atoms with Gasteiger partial charge in [0.1, 0.15) is 11.9 Å². The van der Waals surface area contributed by atoms with E-state index in [4.69, 9.17) is 23.7 Å². The number of aliphatic hydroxyl groups is 1. The van der Waals surface area contributed by atoms with Gasteiger partial charge in [0.25, 0.3) is 0 Å². The first-order chi connectivity index (χ1) is 32.8. The van der Waals surface area contributed by atoms with E-state index in [1.807, 2.05) is 0 Å². The summed E-state index contributed by atoms with van der Waals surface area (Å²) in [5.74, 6) is 4.89. The average Bonchev–Trinajstić information content (AvgIpc) is 3.69. The highest BCUT2D eigenvalue weighted by Gasteiger charge is 2.59. The van der Waals surface area contributed by atoms with Crippen LogP contribution >= 0.6 is 0 Å². The van der Waals surface area contributed by atoms with Crippen molar-refractivity contribution >= 4 is 11.9 Å². The summed E-state index contributed by atoms with van der Waals surface area (Å²) in [6.07, 6.45) is 33.7. The molecule has 0 spiro atoms. The number of carbonyl (C=O) groups excluding carboxylic acids is 2. The van der Waals surface area contributed by atoms with E-state index in [0.29, 0.717) is 23.5 Å². The number of allylic oxidation sites excluding steroid dienone is 7. The summed E-state index contributed by atoms with van der Waals surface area (Å²) >= 11 is 0. The van der Waals surface area contributed by atoms with Gasteiger partial charge in [-0.1, -0.05) is 135 Å². The molecule has 380 valence electrons. The Morgan fingerprint density at radius 3 is 2.35 bits per heavy atom. The molecule has 8 heteroatoms. The molecule has 1 aliphatic heterocycles. The second kappa shape index (κ2) is 26.3. The van der Waals surface area contributed by atoms with E-state index in [-0.39, 0.29) is 30.1 Å². The Balaban J connectivity index is 1.04. The van der Waals surface area contributed by atoms with Crippen LogP contribution in [0.1, 0.15) is 194 Å². The smallest absolute Gasteiger partial charge is 0.338 e. The maximum Gasteiger partial charge on any atom is 0.338 e. The van der Waals surface area contributed by atoms with Gasteiger partial charge in [-0.25, -0.2) is 4.79 Å². The number of ether oxygens (including phenoxy) is 5. The third-order valence-corrected chi connectivity index (χ3v) is 17.9. The summed E-state index contributed by atoms with van der Waals surface area (Å²) in [6, 6.07) is 6.76. The molecule has 0 aromatic heterocycles. The Labute approximate surface area is 412 Å². The highest BCUT2D eigenvalue weighted by atomic mass is 16.7. The number of benzene rings is 1. The van der Waals surface area contributed by atoms with Gasteiger partial charge in [0.05, 0.1) is 25.4 Å². The van der Waals surface area contributed by atoms with Crippen LogP contribution in [-0.2, 0) is 23.7 Å². The highest BCUT2D eigenvalue weighted by Crippen LogP contribution is 2.67. The van der Waals surface area contributed by atoms with Gasteiger partial charge < -0.3 is 28.8 Å². The number of hydrogen-bond donors (Lipinski definition) is 1. The zero-order chi connectivity index (χ0) is 48.7. The Morgan fingerprint density at radius 1 is 0.853 bits per heavy atom. The molecule has 0 amide bonds. The fourth-order valence-electron chi connectivity index (χ4n) is 13.8. The van der Waals surface area contributed by atoms with E-state index in [2.05, 4.69) is 91.0 Å². The van der Waals surface area contributed by atoms with Crippen molar-refractivity contribution in [3.8, 4) is 5.75 Å². The molecule has 4 fully saturated rings. The largest absolute Gasteiger partial charge is 0.497 e. The maximum atomic E-state index is 13.8. The number of methoxy groups -OCH3 is 1. The van der Waals surface area contributed by atoms with Gasteiger partial charge in [0, 0.05) is 6.42 Å². The number of esters is 2. The standard InChI is InChI=1S/C60H92O8/c1-9-11-12-13-14-15-16-17-18-19-20-21-22-23-24-28-54(62)67-55-53(61)41-65-58(56(55)68-57(63)45-26-25-27-47(39-45)64-8)66-48-35-37-59(6)46(40-48)31-32-49-51-34-33-50(60(51,7)38-36-52(49)59)43(5)29-30-44(10-2)42(3)4/h11-12,14-15,17-18,25-27,31,39,42-44,48-53,55-56,58,61H,9-10,13,16,19-24,28-30,32-38,40-41H2,1-8H3/t43-,44-,48+,49+,50-,51+,52+,53-,55+,56+,58+,59+,60-/m1/s1. The van der Waals surface area contributed by atoms with Crippen molar-refractivity contribution in [3.05, 3.63) is 77.9 Å². The third-order valence-electron chi connectivity index (χ3n) is 17.9. The molecule has 0 bridgehead atoms. The topological polar surface area (TPSA) is 101 Å². The molecule has 5 aliphatic rings. The van der Waals surface area contributed by atoms with Crippen LogP contribution < -0.4 is 4.74 Å². The fourth-order valence-corrected chi connectivity index (χ4v) is 13.8. The normalized spacial score (nSPS) is 32.4. The van der Waals surface area contributed by atoms with E-state index in [1.54, 1.807) is 31.4 Å². The molecule has 4 aliphatic carbocycles. The first kappa shape index (κ1) is 54.1. The van der Waals surface area contributed by atoms with E-state index in [0.717, 1.165) is 113 Å². The summed E-state index contributed by atoms with van der Waals surface area (Å²) in [5, 5.41) is 11.3. The zero-order valence-electron chi connectivity index (χ0n) is 43.6. The van der Waals surface area contributed by atoms with Gasteiger partial charge in [-0.15, -0.1) is 0 Å². The summed E-state index contributed by atoms with van der Waals surface area (Å²) in [5.41, 5.74) is 2.36. The van der Waals surface area contributed by atoms with Crippen LogP contribution in [0.25, 0.3) is 0 Å². The first-order valence-electron chi connectivity index (χ1n) is 27.5. The predicted molar refractivity (Wildman–Crippen MR) is 274 cm³/mol. The average molecular weight is 941 g/mol. The van der Waals surface area contributed by atoms with Crippen molar-refractivity contribution < 1.29 is 38.4 Å². The Morgan fingerprint density at radius 2 is 1.60 bits per heavy atom. The lowest BCUT2D eigenvalue weighted by Gasteiger charge is -2.58. The molecule has 13 atom stereocenters. The molecule has 0 unspecified atom stereocenters. The molecular formula is C60H92O8. The van der Waals surface area contributed by atoms with Crippen LogP contribution in [-0.4, -0.2) is 61.5 Å². The number of hydrogen-bond acceptors (Lipinski definition) is 8. The SMILES string of the molecule is CCC=CCC=CCC=CCCCCCCCC(=O)O[C@@H]1[C@H](OC(=O)c2cccc(OC)c2)[C@H](O[C@H]2CC[C@@]3(C)C(=CC[C@H]4[C@@H]5CC[C@H]([C@H](C)CC[C@@H](CC)C(C)C)[C@@]5(C)CC[C@@H]43)C2)OC[C@H]1O. The first-order valence-corrected chi connectivity index (χ1v) is 27.5. The molecule has 6 rings (SSSR count). The van der Waals surface area contributed by atoms with Crippen molar-refractivity contribution in [2.24, 2.45) is 52.3 Å². The molecule has 1 aromatic rings. The number of aliphatic hydroxyl groups excluding tert-OH is 1. The van der Waals surface area contributed by atoms with Crippen molar-refractivity contribution in [1.82, 2.24) is 0 Å². The molecule has 1 heterocycles. The van der Waals surface area contributed by atoms with Crippen molar-refractivity contribution in [2.45, 2.75) is 214 Å². The molecule has 1 saturated heterocycles. The van der Waals surface area contributed by atoms with Crippen LogP contribution in [0.4, 0.5) is 0 Å². The quantitative estimate of drug-likeness (QED) is 0.0588. The van der Waals surface area contributed by atoms with E-state index in [9.17, 15) is 14.7 Å². The minimum Gasteiger partial charge on any atom is -0.497 e. The Kier molecular flexibility index (Phi) is 20.9. The highest BCUT2D eigenvalue weighted by molar-refractivity contribution is 5.90. The summed E-state index contributed by atoms with van der Waals surface area (Å²) in [7, 11) is 1.55. The number of unbranched alkanes of at least 4 members (excludes halogenated alkanes) is 5. The lowest BCUT2D eigenvalue weighted by Crippen LogP contribution is -2.58. The lowest BCUT2D eigenvalue weighted by atomic mass is 9.47. The van der Waals surface area contributed by atoms with Gasteiger partial charge in [-0.3, -0.25) is 4.79 Å². The van der Waals surface area contributed by atoms with Gasteiger partial charge in [0.15, 0.2) is 18.5 Å². The lowest BCUT2D eigenvalue weighted by molar-refractivity contribution is -0.286. The van der Waals surface area contributed by atoms with Crippen molar-refractivity contribution in [1.29, 1.82) is 0 Å². The van der Waals surface area contributed by atoms with Gasteiger partial charge in [0.2, 0.25) is 0 Å². The number of rotatable bonds is 25. The maximum absolute atomic E-state index is 13.8. The Bertz CT molecular complexity index is 1850. The zero-order valence-corrected chi connectivity index (χ0v) is 43.6. The molecular weight excluding hydrogens is 849 g/mol. The number of carbonyl (C=O) groups is 2. The van der Waals surface area contributed by atoms with Gasteiger partial charge in [-0.05, 0) is 167 Å². The molecule has 0 radical (unpaired) electrons. The summed E-state index contributed by atoms with van der Waals surface area (Å²) in [4.78, 5) is 27.2. The van der Waals surface area contributed by atoms with Crippen molar-refractivity contribution in [2.75, 3.05) is 13.7 Å². The van der Waals surface area contributed by atoms with Gasteiger partial charge >= 0.3 is 11.9 Å². The monoisotopic (exact) mass is 941 g/mol. The van der Waals surface area contributed by atoms with Crippen molar-refractivity contribution in [3.63, 3.8) is 0 Å². The molecule has 8 nitrogen and oxygen atoms in total.